The fourth-order valence-corrected chi connectivity index (χ4v) is 4.64. The van der Waals surface area contributed by atoms with Crippen LogP contribution in [0.4, 0.5) is 4.39 Å². The number of carboxylic acids is 1. The van der Waals surface area contributed by atoms with Crippen LogP contribution in [0.2, 0.25) is 0 Å². The second kappa shape index (κ2) is 5.69. The number of aliphatic carboxylic acids is 1. The number of halogens is 1. The van der Waals surface area contributed by atoms with E-state index in [1.807, 2.05) is 12.3 Å². The van der Waals surface area contributed by atoms with E-state index in [2.05, 4.69) is 4.98 Å². The number of pyridine rings is 1. The molecule has 1 heterocycles. The molecule has 0 unspecified atom stereocenters. The summed E-state index contributed by atoms with van der Waals surface area (Å²) in [5, 5.41) is 10.1. The Kier molecular flexibility index (Phi) is 3.63. The van der Waals surface area contributed by atoms with E-state index in [-0.39, 0.29) is 5.82 Å². The van der Waals surface area contributed by atoms with Gasteiger partial charge in [-0.05, 0) is 80.2 Å². The molecule has 0 radical (unpaired) electrons. The Balaban J connectivity index is 1.61. The van der Waals surface area contributed by atoms with Gasteiger partial charge in [0.05, 0.1) is 5.52 Å². The molecule has 1 aromatic heterocycles. The lowest BCUT2D eigenvalue weighted by Crippen LogP contribution is -2.02. The van der Waals surface area contributed by atoms with Crippen LogP contribution in [0.15, 0.2) is 41.6 Å². The molecule has 2 fully saturated rings. The summed E-state index contributed by atoms with van der Waals surface area (Å²) in [7, 11) is 0. The first-order chi connectivity index (χ1) is 11.5. The minimum absolute atomic E-state index is 0.225. The van der Waals surface area contributed by atoms with Crippen molar-refractivity contribution in [1.82, 2.24) is 4.98 Å². The van der Waals surface area contributed by atoms with Crippen LogP contribution in [0.5, 0.6) is 0 Å². The van der Waals surface area contributed by atoms with E-state index < -0.39 is 5.97 Å². The van der Waals surface area contributed by atoms with Crippen molar-refractivity contribution in [3.8, 4) is 0 Å². The molecule has 124 valence electrons. The number of nitrogens with zero attached hydrogens (tertiary/aromatic N) is 1. The zero-order valence-corrected chi connectivity index (χ0v) is 13.6. The fraction of sp³-hybridized carbons (Fsp3) is 0.400. The average molecular weight is 325 g/mol. The second-order valence-electron chi connectivity index (χ2n) is 7.19. The molecule has 4 rings (SSSR count). The first-order valence-corrected chi connectivity index (χ1v) is 8.49. The van der Waals surface area contributed by atoms with Gasteiger partial charge in [-0.1, -0.05) is 5.57 Å². The lowest BCUT2D eigenvalue weighted by atomic mass is 9.91. The van der Waals surface area contributed by atoms with Crippen LogP contribution in [0.25, 0.3) is 10.9 Å². The van der Waals surface area contributed by atoms with Gasteiger partial charge in [-0.2, -0.15) is 0 Å². The molecular formula is C20H20FNO2. The number of allylic oxidation sites excluding steroid dienone is 1. The molecule has 2 aliphatic carbocycles. The standard InChI is InChI=1S/C20H20FNO2/c1-11(20(23)24)12-6-13-8-15(9-14(13)7-12)17-4-5-22-19-3-2-16(21)10-18(17)19/h2-5,10,13-15H,6-9H2,1H3,(H,23,24)/b12-11-/t13-,14+,15+/m1/s1. The van der Waals surface area contributed by atoms with Crippen LogP contribution in [-0.4, -0.2) is 16.1 Å². The number of carbonyl (C=O) groups is 1. The third kappa shape index (κ3) is 2.50. The fourth-order valence-electron chi connectivity index (χ4n) is 4.64. The summed E-state index contributed by atoms with van der Waals surface area (Å²) in [6, 6.07) is 6.80. The van der Waals surface area contributed by atoms with Crippen LogP contribution in [0.3, 0.4) is 0 Å². The van der Waals surface area contributed by atoms with Gasteiger partial charge in [-0.15, -0.1) is 0 Å². The molecular weight excluding hydrogens is 305 g/mol. The van der Waals surface area contributed by atoms with Gasteiger partial charge in [-0.3, -0.25) is 4.98 Å². The van der Waals surface area contributed by atoms with Crippen molar-refractivity contribution in [3.05, 3.63) is 53.0 Å². The molecule has 0 bridgehead atoms. The summed E-state index contributed by atoms with van der Waals surface area (Å²) in [6.45, 7) is 1.72. The van der Waals surface area contributed by atoms with Gasteiger partial charge < -0.3 is 5.11 Å². The highest BCUT2D eigenvalue weighted by molar-refractivity contribution is 5.87. The van der Waals surface area contributed by atoms with Crippen LogP contribution in [0.1, 0.15) is 44.1 Å². The van der Waals surface area contributed by atoms with Crippen molar-refractivity contribution in [3.63, 3.8) is 0 Å². The molecule has 3 nitrogen and oxygen atoms in total. The number of benzene rings is 1. The third-order valence-corrected chi connectivity index (χ3v) is 5.89. The van der Waals surface area contributed by atoms with E-state index in [0.717, 1.165) is 42.2 Å². The van der Waals surface area contributed by atoms with Gasteiger partial charge in [0.15, 0.2) is 0 Å². The van der Waals surface area contributed by atoms with Crippen molar-refractivity contribution in [2.45, 2.75) is 38.5 Å². The molecule has 0 amide bonds. The largest absolute Gasteiger partial charge is 0.478 e. The van der Waals surface area contributed by atoms with E-state index in [0.29, 0.717) is 23.3 Å². The molecule has 2 aliphatic rings. The lowest BCUT2D eigenvalue weighted by molar-refractivity contribution is -0.132. The summed E-state index contributed by atoms with van der Waals surface area (Å²) >= 11 is 0. The number of carboxylic acid groups (broad SMARTS) is 1. The molecule has 0 spiro atoms. The van der Waals surface area contributed by atoms with Crippen molar-refractivity contribution < 1.29 is 14.3 Å². The predicted molar refractivity (Wildman–Crippen MR) is 90.2 cm³/mol. The van der Waals surface area contributed by atoms with Crippen LogP contribution in [0, 0.1) is 17.7 Å². The number of hydrogen-bond donors (Lipinski definition) is 1. The second-order valence-corrected chi connectivity index (χ2v) is 7.19. The molecule has 4 heteroatoms. The Morgan fingerprint density at radius 1 is 1.21 bits per heavy atom. The van der Waals surface area contributed by atoms with Crippen molar-refractivity contribution in [1.29, 1.82) is 0 Å². The number of hydrogen-bond acceptors (Lipinski definition) is 2. The Bertz CT molecular complexity index is 842. The first kappa shape index (κ1) is 15.3. The molecule has 1 aromatic carbocycles. The summed E-state index contributed by atoms with van der Waals surface area (Å²) in [6.07, 6.45) is 5.71. The highest BCUT2D eigenvalue weighted by Gasteiger charge is 2.41. The normalized spacial score (nSPS) is 28.2. The summed E-state index contributed by atoms with van der Waals surface area (Å²) in [4.78, 5) is 15.5. The van der Waals surface area contributed by atoms with E-state index in [9.17, 15) is 14.3 Å². The molecule has 3 atom stereocenters. The van der Waals surface area contributed by atoms with Gasteiger partial charge in [-0.25, -0.2) is 9.18 Å². The smallest absolute Gasteiger partial charge is 0.331 e. The minimum atomic E-state index is -0.794. The van der Waals surface area contributed by atoms with E-state index in [1.54, 1.807) is 19.1 Å². The van der Waals surface area contributed by atoms with Gasteiger partial charge in [0.1, 0.15) is 5.82 Å². The number of aromatic nitrogens is 1. The number of fused-ring (bicyclic) bond motifs is 2. The van der Waals surface area contributed by atoms with Gasteiger partial charge in [0.25, 0.3) is 0 Å². The maximum absolute atomic E-state index is 13.7. The Hall–Kier alpha value is -2.23. The zero-order chi connectivity index (χ0) is 16.8. The Morgan fingerprint density at radius 2 is 1.92 bits per heavy atom. The molecule has 0 saturated heterocycles. The highest BCUT2D eigenvalue weighted by atomic mass is 19.1. The lowest BCUT2D eigenvalue weighted by Gasteiger charge is -2.15. The van der Waals surface area contributed by atoms with Gasteiger partial charge in [0, 0.05) is 17.2 Å². The van der Waals surface area contributed by atoms with E-state index in [4.69, 9.17) is 0 Å². The summed E-state index contributed by atoms with van der Waals surface area (Å²) in [5.74, 6) is 0.500. The van der Waals surface area contributed by atoms with Crippen molar-refractivity contribution >= 4 is 16.9 Å². The number of rotatable bonds is 2. The predicted octanol–water partition coefficient (Wildman–Crippen LogP) is 4.68. The van der Waals surface area contributed by atoms with Gasteiger partial charge >= 0.3 is 5.97 Å². The summed E-state index contributed by atoms with van der Waals surface area (Å²) in [5.41, 5.74) is 3.67. The van der Waals surface area contributed by atoms with Crippen LogP contribution < -0.4 is 0 Å². The van der Waals surface area contributed by atoms with E-state index >= 15 is 0 Å². The van der Waals surface area contributed by atoms with Crippen LogP contribution >= 0.6 is 0 Å². The monoisotopic (exact) mass is 325 g/mol. The Morgan fingerprint density at radius 3 is 2.58 bits per heavy atom. The maximum Gasteiger partial charge on any atom is 0.331 e. The first-order valence-electron chi connectivity index (χ1n) is 8.49. The van der Waals surface area contributed by atoms with E-state index in [1.165, 1.54) is 11.6 Å². The summed E-state index contributed by atoms with van der Waals surface area (Å²) < 4.78 is 13.7. The van der Waals surface area contributed by atoms with Crippen molar-refractivity contribution in [2.24, 2.45) is 11.8 Å². The van der Waals surface area contributed by atoms with Crippen molar-refractivity contribution in [2.75, 3.05) is 0 Å². The quantitative estimate of drug-likeness (QED) is 0.816. The Labute approximate surface area is 140 Å². The van der Waals surface area contributed by atoms with Gasteiger partial charge in [0.2, 0.25) is 0 Å². The van der Waals surface area contributed by atoms with Crippen LogP contribution in [-0.2, 0) is 4.79 Å². The SMILES string of the molecule is C/C(C(=O)O)=C1\C[C@@H]2C[C@H](c3ccnc4ccc(F)cc34)C[C@@H]2C1. The highest BCUT2D eigenvalue weighted by Crippen LogP contribution is 2.53. The molecule has 24 heavy (non-hydrogen) atoms. The molecule has 1 N–H and O–H groups in total. The third-order valence-electron chi connectivity index (χ3n) is 5.89. The topological polar surface area (TPSA) is 50.2 Å². The zero-order valence-electron chi connectivity index (χ0n) is 13.6. The molecule has 2 aromatic rings. The molecule has 0 aliphatic heterocycles. The maximum atomic E-state index is 13.7. The molecule has 2 saturated carbocycles. The average Bonchev–Trinajstić information content (AvgIpc) is 3.12. The minimum Gasteiger partial charge on any atom is -0.478 e.